The Morgan fingerprint density at radius 3 is 2.52 bits per heavy atom. The molecule has 3 rings (SSSR count). The van der Waals surface area contributed by atoms with Crippen molar-refractivity contribution in [1.29, 1.82) is 0 Å². The summed E-state index contributed by atoms with van der Waals surface area (Å²) < 4.78 is 1.39. The van der Waals surface area contributed by atoms with E-state index in [0.29, 0.717) is 28.8 Å². The molecule has 0 aliphatic carbocycles. The van der Waals surface area contributed by atoms with Gasteiger partial charge in [-0.05, 0) is 62.2 Å². The maximum absolute atomic E-state index is 12.5. The molecular weight excluding hydrogens is 318 g/mol. The van der Waals surface area contributed by atoms with Gasteiger partial charge in [0.1, 0.15) is 0 Å². The quantitative estimate of drug-likeness (QED) is 0.721. The van der Waals surface area contributed by atoms with Crippen LogP contribution >= 0.6 is 0 Å². The van der Waals surface area contributed by atoms with Gasteiger partial charge in [0.15, 0.2) is 0 Å². The zero-order valence-corrected chi connectivity index (χ0v) is 14.3. The second kappa shape index (κ2) is 6.39. The number of benzene rings is 2. The van der Waals surface area contributed by atoms with Gasteiger partial charge in [0, 0.05) is 17.8 Å². The molecule has 0 saturated carbocycles. The van der Waals surface area contributed by atoms with Gasteiger partial charge >= 0.3 is 11.1 Å². The van der Waals surface area contributed by atoms with E-state index in [0.717, 1.165) is 11.1 Å². The number of hydrogen-bond acceptors (Lipinski definition) is 3. The van der Waals surface area contributed by atoms with E-state index in [4.69, 9.17) is 0 Å². The van der Waals surface area contributed by atoms with E-state index in [1.165, 1.54) is 4.57 Å². The molecular formula is C19H19N3O3. The third-order valence-corrected chi connectivity index (χ3v) is 4.32. The van der Waals surface area contributed by atoms with E-state index in [2.05, 4.69) is 10.3 Å². The molecule has 0 radical (unpaired) electrons. The molecule has 128 valence electrons. The molecule has 0 aliphatic rings. The first-order valence-corrected chi connectivity index (χ1v) is 8.06. The van der Waals surface area contributed by atoms with Gasteiger partial charge in [-0.2, -0.15) is 0 Å². The van der Waals surface area contributed by atoms with Crippen molar-refractivity contribution in [1.82, 2.24) is 9.55 Å². The summed E-state index contributed by atoms with van der Waals surface area (Å²) in [6.07, 6.45) is 0. The van der Waals surface area contributed by atoms with Gasteiger partial charge < -0.3 is 14.9 Å². The van der Waals surface area contributed by atoms with Gasteiger partial charge in [0.25, 0.3) is 5.91 Å². The minimum atomic E-state index is -0.693. The second-order valence-corrected chi connectivity index (χ2v) is 5.99. The minimum absolute atomic E-state index is 0.278. The number of nitrogens with one attached hydrogen (secondary N) is 2. The highest BCUT2D eigenvalue weighted by atomic mass is 16.2. The van der Waals surface area contributed by atoms with E-state index < -0.39 is 11.1 Å². The van der Waals surface area contributed by atoms with E-state index in [1.807, 2.05) is 32.0 Å². The fourth-order valence-corrected chi connectivity index (χ4v) is 2.76. The number of carbonyl (C=O) groups excluding carboxylic acids is 1. The van der Waals surface area contributed by atoms with Crippen LogP contribution in [0.3, 0.4) is 0 Å². The Morgan fingerprint density at radius 1 is 1.08 bits per heavy atom. The Kier molecular flexibility index (Phi) is 4.27. The molecule has 0 unspecified atom stereocenters. The number of fused-ring (bicyclic) bond motifs is 1. The largest absolute Gasteiger partial charge is 0.322 e. The highest BCUT2D eigenvalue weighted by Gasteiger charge is 2.11. The first-order valence-electron chi connectivity index (χ1n) is 8.06. The predicted molar refractivity (Wildman–Crippen MR) is 98.4 cm³/mol. The molecule has 0 fully saturated rings. The van der Waals surface area contributed by atoms with E-state index in [-0.39, 0.29) is 5.91 Å². The summed E-state index contributed by atoms with van der Waals surface area (Å²) in [5.74, 6) is -0.278. The number of rotatable bonds is 3. The van der Waals surface area contributed by atoms with E-state index >= 15 is 0 Å². The zero-order chi connectivity index (χ0) is 18.1. The first kappa shape index (κ1) is 16.7. The molecule has 1 amide bonds. The molecule has 0 aliphatic heterocycles. The molecule has 0 saturated heterocycles. The lowest BCUT2D eigenvalue weighted by atomic mass is 10.1. The zero-order valence-electron chi connectivity index (χ0n) is 14.3. The fraction of sp³-hybridized carbons (Fsp3) is 0.211. The van der Waals surface area contributed by atoms with Crippen LogP contribution in [-0.4, -0.2) is 15.5 Å². The molecule has 2 aromatic carbocycles. The molecule has 3 aromatic rings. The maximum atomic E-state index is 12.5. The summed E-state index contributed by atoms with van der Waals surface area (Å²) in [4.78, 5) is 38.7. The van der Waals surface area contributed by atoms with Crippen molar-refractivity contribution >= 4 is 22.6 Å². The molecule has 0 atom stereocenters. The van der Waals surface area contributed by atoms with Gasteiger partial charge in [0.2, 0.25) is 0 Å². The second-order valence-electron chi connectivity index (χ2n) is 5.99. The van der Waals surface area contributed by atoms with E-state index in [1.54, 1.807) is 25.1 Å². The number of aromatic nitrogens is 2. The van der Waals surface area contributed by atoms with Crippen LogP contribution in [-0.2, 0) is 6.54 Å². The van der Waals surface area contributed by atoms with Crippen molar-refractivity contribution in [3.63, 3.8) is 0 Å². The summed E-state index contributed by atoms with van der Waals surface area (Å²) in [5, 5.41) is 2.85. The predicted octanol–water partition coefficient (Wildman–Crippen LogP) is 2.58. The van der Waals surface area contributed by atoms with Gasteiger partial charge in [-0.1, -0.05) is 6.07 Å². The molecule has 6 heteroatoms. The van der Waals surface area contributed by atoms with Crippen LogP contribution in [0.15, 0.2) is 46.0 Å². The Morgan fingerprint density at radius 2 is 1.84 bits per heavy atom. The molecule has 25 heavy (non-hydrogen) atoms. The Hall–Kier alpha value is -3.15. The number of hydrogen-bond donors (Lipinski definition) is 2. The van der Waals surface area contributed by atoms with Gasteiger partial charge in [-0.25, -0.2) is 0 Å². The maximum Gasteiger partial charge on any atom is 0.316 e. The number of amides is 1. The third kappa shape index (κ3) is 3.10. The Balaban J connectivity index is 1.99. The van der Waals surface area contributed by atoms with Crippen LogP contribution in [0.25, 0.3) is 11.0 Å². The van der Waals surface area contributed by atoms with Crippen LogP contribution in [0, 0.1) is 13.8 Å². The topological polar surface area (TPSA) is 84.0 Å². The van der Waals surface area contributed by atoms with Gasteiger partial charge in [-0.3, -0.25) is 14.4 Å². The third-order valence-electron chi connectivity index (χ3n) is 4.32. The van der Waals surface area contributed by atoms with Crippen molar-refractivity contribution in [3.05, 3.63) is 73.8 Å². The normalized spacial score (nSPS) is 10.8. The summed E-state index contributed by atoms with van der Waals surface area (Å²) in [5.41, 5.74) is 3.12. The van der Waals surface area contributed by atoms with Crippen LogP contribution in [0.4, 0.5) is 5.69 Å². The lowest BCUT2D eigenvalue weighted by Crippen LogP contribution is -2.36. The number of anilines is 1. The van der Waals surface area contributed by atoms with Crippen molar-refractivity contribution in [3.8, 4) is 0 Å². The van der Waals surface area contributed by atoms with E-state index in [9.17, 15) is 14.4 Å². The highest BCUT2D eigenvalue weighted by Crippen LogP contribution is 2.17. The summed E-state index contributed by atoms with van der Waals surface area (Å²) in [7, 11) is 0. The number of carbonyl (C=O) groups is 1. The molecule has 0 bridgehead atoms. The number of H-pyrrole nitrogens is 1. The molecule has 1 heterocycles. The van der Waals surface area contributed by atoms with Crippen molar-refractivity contribution < 1.29 is 4.79 Å². The number of aryl methyl sites for hydroxylation is 3. The number of aromatic amines is 1. The standard InChI is InChI=1S/C19H19N3O3/c1-4-22-16-8-6-13(10-15(16)21-18(24)19(22)25)17(23)20-14-7-5-11(2)12(3)9-14/h5-10H,4H2,1-3H3,(H,20,23)(H,21,24). The van der Waals surface area contributed by atoms with Crippen LogP contribution < -0.4 is 16.4 Å². The summed E-state index contributed by atoms with van der Waals surface area (Å²) in [6.45, 7) is 6.16. The van der Waals surface area contributed by atoms with Crippen LogP contribution in [0.1, 0.15) is 28.4 Å². The van der Waals surface area contributed by atoms with Crippen molar-refractivity contribution in [2.75, 3.05) is 5.32 Å². The monoisotopic (exact) mass is 337 g/mol. The van der Waals surface area contributed by atoms with Crippen molar-refractivity contribution in [2.24, 2.45) is 0 Å². The molecule has 0 spiro atoms. The Bertz CT molecular complexity index is 1090. The lowest BCUT2D eigenvalue weighted by molar-refractivity contribution is 0.102. The SMILES string of the molecule is CCn1c(=O)c(=O)[nH]c2cc(C(=O)Nc3ccc(C)c(C)c3)ccc21. The van der Waals surface area contributed by atoms with Crippen LogP contribution in [0.2, 0.25) is 0 Å². The summed E-state index contributed by atoms with van der Waals surface area (Å²) in [6, 6.07) is 10.6. The fourth-order valence-electron chi connectivity index (χ4n) is 2.76. The highest BCUT2D eigenvalue weighted by molar-refractivity contribution is 6.05. The smallest absolute Gasteiger partial charge is 0.316 e. The molecule has 6 nitrogen and oxygen atoms in total. The average molecular weight is 337 g/mol. The van der Waals surface area contributed by atoms with Crippen LogP contribution in [0.5, 0.6) is 0 Å². The first-order chi connectivity index (χ1) is 11.9. The Labute approximate surface area is 144 Å². The minimum Gasteiger partial charge on any atom is -0.322 e. The van der Waals surface area contributed by atoms with Crippen molar-refractivity contribution in [2.45, 2.75) is 27.3 Å². The average Bonchev–Trinajstić information content (AvgIpc) is 2.59. The number of nitrogens with zero attached hydrogens (tertiary/aromatic N) is 1. The molecule has 2 N–H and O–H groups in total. The lowest BCUT2D eigenvalue weighted by Gasteiger charge is -2.10. The van der Waals surface area contributed by atoms with Gasteiger partial charge in [-0.15, -0.1) is 0 Å². The molecule has 1 aromatic heterocycles. The van der Waals surface area contributed by atoms with Gasteiger partial charge in [0.05, 0.1) is 11.0 Å². The summed E-state index contributed by atoms with van der Waals surface area (Å²) >= 11 is 0.